The second kappa shape index (κ2) is 12.5. The highest BCUT2D eigenvalue weighted by atomic mass is 35.5. The Kier molecular flexibility index (Phi) is 9.08. The average molecular weight is 589 g/mol. The molecule has 11 heteroatoms. The molecule has 0 aromatic heterocycles. The summed E-state index contributed by atoms with van der Waals surface area (Å²) in [5, 5.41) is 12.7. The topological polar surface area (TPSA) is 105 Å². The molecular weight excluding hydrogens is 566 g/mol. The van der Waals surface area contributed by atoms with E-state index in [1.54, 1.807) is 30.3 Å². The molecule has 0 aliphatic rings. The van der Waals surface area contributed by atoms with Crippen molar-refractivity contribution >= 4 is 44.8 Å². The van der Waals surface area contributed by atoms with Gasteiger partial charge in [0.1, 0.15) is 17.3 Å². The number of halogens is 3. The number of aliphatic hydroxyl groups is 1. The first-order chi connectivity index (χ1) is 18.7. The molecule has 3 N–H and O–H groups in total. The lowest BCUT2D eigenvalue weighted by molar-refractivity contribution is 0.0930. The molecule has 4 aromatic rings. The first kappa shape index (κ1) is 28.4. The number of hydrogen-bond donors (Lipinski definition) is 3. The predicted molar refractivity (Wildman–Crippen MR) is 149 cm³/mol. The molecule has 1 amide bonds. The van der Waals surface area contributed by atoms with Gasteiger partial charge in [-0.25, -0.2) is 12.8 Å². The summed E-state index contributed by atoms with van der Waals surface area (Å²) in [6.07, 6.45) is 0.0386. The van der Waals surface area contributed by atoms with E-state index in [0.717, 1.165) is 0 Å². The van der Waals surface area contributed by atoms with Gasteiger partial charge in [0.15, 0.2) is 0 Å². The lowest BCUT2D eigenvalue weighted by Gasteiger charge is -2.20. The van der Waals surface area contributed by atoms with Crippen LogP contribution < -0.4 is 14.8 Å². The second-order valence-electron chi connectivity index (χ2n) is 8.36. The molecule has 0 spiro atoms. The Morgan fingerprint density at radius 2 is 1.64 bits per heavy atom. The summed E-state index contributed by atoms with van der Waals surface area (Å²) in [7, 11) is -4.13. The zero-order chi connectivity index (χ0) is 28.0. The van der Waals surface area contributed by atoms with E-state index in [-0.39, 0.29) is 39.8 Å². The minimum Gasteiger partial charge on any atom is -0.456 e. The summed E-state index contributed by atoms with van der Waals surface area (Å²) in [5.74, 6) is -0.470. The smallest absolute Gasteiger partial charge is 0.261 e. The van der Waals surface area contributed by atoms with Gasteiger partial charge in [-0.15, -0.1) is 0 Å². The van der Waals surface area contributed by atoms with E-state index in [1.165, 1.54) is 60.7 Å². The van der Waals surface area contributed by atoms with Crippen molar-refractivity contribution in [3.05, 3.63) is 118 Å². The number of para-hydroxylation sites is 1. The van der Waals surface area contributed by atoms with Crippen LogP contribution in [0.1, 0.15) is 28.4 Å². The van der Waals surface area contributed by atoms with Gasteiger partial charge in [-0.2, -0.15) is 0 Å². The molecule has 39 heavy (non-hydrogen) atoms. The number of carbonyl (C=O) groups excluding carboxylic acids is 1. The molecule has 0 aliphatic carbocycles. The molecule has 0 unspecified atom stereocenters. The van der Waals surface area contributed by atoms with Crippen LogP contribution in [0.2, 0.25) is 10.0 Å². The van der Waals surface area contributed by atoms with E-state index in [1.807, 2.05) is 0 Å². The average Bonchev–Trinajstić information content (AvgIpc) is 2.91. The fourth-order valence-electron chi connectivity index (χ4n) is 3.77. The van der Waals surface area contributed by atoms with Crippen LogP contribution in [0.5, 0.6) is 11.5 Å². The predicted octanol–water partition coefficient (Wildman–Crippen LogP) is 6.58. The summed E-state index contributed by atoms with van der Waals surface area (Å²) in [4.78, 5) is 13.1. The first-order valence-corrected chi connectivity index (χ1v) is 13.9. The van der Waals surface area contributed by atoms with Crippen molar-refractivity contribution in [2.24, 2.45) is 0 Å². The summed E-state index contributed by atoms with van der Waals surface area (Å²) < 4.78 is 48.8. The van der Waals surface area contributed by atoms with Crippen molar-refractivity contribution in [2.75, 3.05) is 11.3 Å². The maximum atomic E-state index is 14.4. The van der Waals surface area contributed by atoms with Crippen LogP contribution >= 0.6 is 23.2 Å². The van der Waals surface area contributed by atoms with Gasteiger partial charge >= 0.3 is 0 Å². The van der Waals surface area contributed by atoms with Gasteiger partial charge in [0, 0.05) is 17.2 Å². The maximum Gasteiger partial charge on any atom is 0.261 e. The Morgan fingerprint density at radius 1 is 0.949 bits per heavy atom. The minimum absolute atomic E-state index is 0.0374. The SMILES string of the molecule is O=C(N[C@@H](CCO)c1ccccc1F)c1cc(Cl)ccc1NS(=O)(=O)c1ccc(Oc2ccccc2Cl)cc1. The Labute approximate surface area is 235 Å². The van der Waals surface area contributed by atoms with Crippen molar-refractivity contribution in [1.29, 1.82) is 0 Å². The van der Waals surface area contributed by atoms with Gasteiger partial charge in [-0.3, -0.25) is 9.52 Å². The normalized spacial score (nSPS) is 12.0. The van der Waals surface area contributed by atoms with Gasteiger partial charge in [0.25, 0.3) is 15.9 Å². The Morgan fingerprint density at radius 3 is 2.33 bits per heavy atom. The van der Waals surface area contributed by atoms with Crippen molar-refractivity contribution < 1.29 is 27.4 Å². The number of sulfonamides is 1. The molecule has 0 heterocycles. The van der Waals surface area contributed by atoms with Crippen LogP contribution in [-0.2, 0) is 10.0 Å². The van der Waals surface area contributed by atoms with Crippen molar-refractivity contribution in [2.45, 2.75) is 17.4 Å². The van der Waals surface area contributed by atoms with Gasteiger partial charge in [0.2, 0.25) is 0 Å². The number of nitrogens with one attached hydrogen (secondary N) is 2. The Balaban J connectivity index is 1.56. The molecule has 7 nitrogen and oxygen atoms in total. The monoisotopic (exact) mass is 588 g/mol. The summed E-state index contributed by atoms with van der Waals surface area (Å²) in [5.41, 5.74) is 0.0664. The minimum atomic E-state index is -4.13. The number of hydrogen-bond acceptors (Lipinski definition) is 5. The maximum absolute atomic E-state index is 14.4. The van der Waals surface area contributed by atoms with Crippen molar-refractivity contribution in [3.8, 4) is 11.5 Å². The highest BCUT2D eigenvalue weighted by Crippen LogP contribution is 2.30. The molecule has 202 valence electrons. The third-order valence-electron chi connectivity index (χ3n) is 5.67. The molecule has 1 atom stereocenters. The van der Waals surface area contributed by atoms with Crippen LogP contribution in [0.15, 0.2) is 95.9 Å². The van der Waals surface area contributed by atoms with E-state index in [4.69, 9.17) is 27.9 Å². The van der Waals surface area contributed by atoms with E-state index < -0.39 is 27.8 Å². The number of amides is 1. The van der Waals surface area contributed by atoms with E-state index in [2.05, 4.69) is 10.0 Å². The lowest BCUT2D eigenvalue weighted by Crippen LogP contribution is -2.30. The molecule has 0 radical (unpaired) electrons. The lowest BCUT2D eigenvalue weighted by atomic mass is 10.0. The summed E-state index contributed by atoms with van der Waals surface area (Å²) in [6, 6.07) is 21.6. The number of ether oxygens (including phenoxy) is 1. The summed E-state index contributed by atoms with van der Waals surface area (Å²) >= 11 is 12.2. The number of anilines is 1. The number of benzene rings is 4. The largest absolute Gasteiger partial charge is 0.456 e. The fourth-order valence-corrected chi connectivity index (χ4v) is 5.19. The molecular formula is C28H23Cl2FN2O5S. The van der Waals surface area contributed by atoms with Gasteiger partial charge in [-0.1, -0.05) is 53.5 Å². The van der Waals surface area contributed by atoms with E-state index >= 15 is 0 Å². The van der Waals surface area contributed by atoms with Crippen LogP contribution in [0.3, 0.4) is 0 Å². The highest BCUT2D eigenvalue weighted by Gasteiger charge is 2.23. The summed E-state index contributed by atoms with van der Waals surface area (Å²) in [6.45, 7) is -0.315. The Hall–Kier alpha value is -3.63. The number of carbonyl (C=O) groups is 1. The second-order valence-corrected chi connectivity index (χ2v) is 10.9. The highest BCUT2D eigenvalue weighted by molar-refractivity contribution is 7.92. The Bertz CT molecular complexity index is 1580. The first-order valence-electron chi connectivity index (χ1n) is 11.7. The van der Waals surface area contributed by atoms with Crippen molar-refractivity contribution in [1.82, 2.24) is 5.32 Å². The molecule has 4 aromatic carbocycles. The fraction of sp³-hybridized carbons (Fsp3) is 0.107. The molecule has 4 rings (SSSR count). The number of rotatable bonds is 10. The van der Waals surface area contributed by atoms with Crippen LogP contribution in [0.25, 0.3) is 0 Å². The van der Waals surface area contributed by atoms with Crippen LogP contribution in [-0.4, -0.2) is 26.0 Å². The standard InChI is InChI=1S/C28H23Cl2FN2O5S/c29-18-9-14-26(22(17-18)28(35)32-25(15-16-34)21-5-1-3-7-24(21)31)33-39(36,37)20-12-10-19(11-13-20)38-27-8-4-2-6-23(27)30/h1-14,17,25,33-34H,15-16H2,(H,32,35)/t25-/m0/s1. The van der Waals surface area contributed by atoms with Crippen molar-refractivity contribution in [3.63, 3.8) is 0 Å². The zero-order valence-electron chi connectivity index (χ0n) is 20.3. The van der Waals surface area contributed by atoms with Gasteiger partial charge in [0.05, 0.1) is 27.2 Å². The third-order valence-corrected chi connectivity index (χ3v) is 7.60. The quantitative estimate of drug-likeness (QED) is 0.194. The van der Waals surface area contributed by atoms with E-state index in [0.29, 0.717) is 16.5 Å². The van der Waals surface area contributed by atoms with Crippen LogP contribution in [0.4, 0.5) is 10.1 Å². The van der Waals surface area contributed by atoms with Crippen LogP contribution in [0, 0.1) is 5.82 Å². The molecule has 0 saturated carbocycles. The third kappa shape index (κ3) is 7.07. The molecule has 0 fully saturated rings. The van der Waals surface area contributed by atoms with Gasteiger partial charge < -0.3 is 15.2 Å². The molecule has 0 bridgehead atoms. The zero-order valence-corrected chi connectivity index (χ0v) is 22.6. The van der Waals surface area contributed by atoms with Gasteiger partial charge in [-0.05, 0) is 67.1 Å². The van der Waals surface area contributed by atoms with E-state index in [9.17, 15) is 22.7 Å². The molecule has 0 aliphatic heterocycles. The number of aliphatic hydroxyl groups excluding tert-OH is 1. The molecule has 0 saturated heterocycles.